The van der Waals surface area contributed by atoms with Crippen LogP contribution in [0.1, 0.15) is 19.5 Å². The third-order valence-corrected chi connectivity index (χ3v) is 3.40. The molecule has 0 spiro atoms. The highest BCUT2D eigenvalue weighted by atomic mass is 15.4. The number of benzene rings is 2. The zero-order valence-electron chi connectivity index (χ0n) is 12.5. The Morgan fingerprint density at radius 1 is 1.10 bits per heavy atom. The predicted molar refractivity (Wildman–Crippen MR) is 85.4 cm³/mol. The minimum absolute atomic E-state index is 0.639. The van der Waals surface area contributed by atoms with Crippen LogP contribution in [0.5, 0.6) is 0 Å². The van der Waals surface area contributed by atoms with Crippen LogP contribution in [-0.4, -0.2) is 21.5 Å². The standard InChI is InChI=1S/C17H20N4/c1-13(2)10-18-11-16-12-21(20-19-16)17-8-7-14-5-3-4-6-15(14)9-17/h3-9,12-13,18H,10-11H2,1-2H3. The van der Waals surface area contributed by atoms with Gasteiger partial charge in [-0.1, -0.05) is 49.4 Å². The molecule has 0 unspecified atom stereocenters. The first-order valence-electron chi connectivity index (χ1n) is 7.33. The summed E-state index contributed by atoms with van der Waals surface area (Å²) in [5.41, 5.74) is 2.00. The Hall–Kier alpha value is -2.20. The summed E-state index contributed by atoms with van der Waals surface area (Å²) >= 11 is 0. The summed E-state index contributed by atoms with van der Waals surface area (Å²) in [5.74, 6) is 0.639. The molecular formula is C17H20N4. The van der Waals surface area contributed by atoms with E-state index in [1.54, 1.807) is 0 Å². The van der Waals surface area contributed by atoms with Crippen LogP contribution < -0.4 is 5.32 Å². The molecule has 108 valence electrons. The lowest BCUT2D eigenvalue weighted by molar-refractivity contribution is 0.548. The van der Waals surface area contributed by atoms with Crippen molar-refractivity contribution in [2.45, 2.75) is 20.4 Å². The summed E-state index contributed by atoms with van der Waals surface area (Å²) in [4.78, 5) is 0. The molecule has 0 saturated carbocycles. The van der Waals surface area contributed by atoms with E-state index in [0.29, 0.717) is 5.92 Å². The van der Waals surface area contributed by atoms with E-state index in [1.165, 1.54) is 10.8 Å². The molecule has 0 radical (unpaired) electrons. The zero-order valence-corrected chi connectivity index (χ0v) is 12.5. The van der Waals surface area contributed by atoms with Crippen LogP contribution in [0, 0.1) is 5.92 Å². The fourth-order valence-electron chi connectivity index (χ4n) is 2.31. The normalized spacial score (nSPS) is 11.4. The molecule has 3 aromatic rings. The molecule has 1 N–H and O–H groups in total. The molecule has 1 aromatic heterocycles. The first kappa shape index (κ1) is 13.8. The first-order valence-corrected chi connectivity index (χ1v) is 7.33. The van der Waals surface area contributed by atoms with Crippen LogP contribution >= 0.6 is 0 Å². The average molecular weight is 280 g/mol. The lowest BCUT2D eigenvalue weighted by Crippen LogP contribution is -2.19. The summed E-state index contributed by atoms with van der Waals surface area (Å²) in [7, 11) is 0. The zero-order chi connectivity index (χ0) is 14.7. The second-order valence-corrected chi connectivity index (χ2v) is 5.71. The minimum Gasteiger partial charge on any atom is -0.311 e. The molecule has 0 atom stereocenters. The van der Waals surface area contributed by atoms with Crippen LogP contribution in [0.4, 0.5) is 0 Å². The van der Waals surface area contributed by atoms with Gasteiger partial charge in [0.15, 0.2) is 0 Å². The predicted octanol–water partition coefficient (Wildman–Crippen LogP) is 3.17. The van der Waals surface area contributed by atoms with Gasteiger partial charge >= 0.3 is 0 Å². The molecule has 0 aliphatic heterocycles. The van der Waals surface area contributed by atoms with Crippen molar-refractivity contribution in [3.05, 3.63) is 54.4 Å². The number of nitrogens with zero attached hydrogens (tertiary/aromatic N) is 3. The number of hydrogen-bond acceptors (Lipinski definition) is 3. The van der Waals surface area contributed by atoms with Gasteiger partial charge in [-0.2, -0.15) is 0 Å². The fraction of sp³-hybridized carbons (Fsp3) is 0.294. The summed E-state index contributed by atoms with van der Waals surface area (Å²) in [5, 5.41) is 14.3. The van der Waals surface area contributed by atoms with Crippen molar-refractivity contribution in [2.24, 2.45) is 5.92 Å². The maximum absolute atomic E-state index is 4.22. The van der Waals surface area contributed by atoms with E-state index in [1.807, 2.05) is 10.9 Å². The van der Waals surface area contributed by atoms with E-state index in [4.69, 9.17) is 0 Å². The molecule has 1 heterocycles. The monoisotopic (exact) mass is 280 g/mol. The highest BCUT2D eigenvalue weighted by Crippen LogP contribution is 2.17. The van der Waals surface area contributed by atoms with E-state index in [-0.39, 0.29) is 0 Å². The van der Waals surface area contributed by atoms with Gasteiger partial charge in [0, 0.05) is 6.54 Å². The molecule has 2 aromatic carbocycles. The van der Waals surface area contributed by atoms with Crippen LogP contribution in [0.2, 0.25) is 0 Å². The highest BCUT2D eigenvalue weighted by molar-refractivity contribution is 5.84. The molecule has 0 amide bonds. The lowest BCUT2D eigenvalue weighted by Gasteiger charge is -2.04. The Bertz CT molecular complexity index is 730. The summed E-state index contributed by atoms with van der Waals surface area (Å²) in [6.45, 7) is 6.13. The minimum atomic E-state index is 0.639. The highest BCUT2D eigenvalue weighted by Gasteiger charge is 2.04. The van der Waals surface area contributed by atoms with E-state index < -0.39 is 0 Å². The van der Waals surface area contributed by atoms with Gasteiger partial charge in [-0.3, -0.25) is 0 Å². The van der Waals surface area contributed by atoms with E-state index in [0.717, 1.165) is 24.5 Å². The number of fused-ring (bicyclic) bond motifs is 1. The molecule has 21 heavy (non-hydrogen) atoms. The Kier molecular flexibility index (Phi) is 3.97. The van der Waals surface area contributed by atoms with Crippen LogP contribution in [0.25, 0.3) is 16.5 Å². The Morgan fingerprint density at radius 2 is 1.90 bits per heavy atom. The maximum Gasteiger partial charge on any atom is 0.0969 e. The van der Waals surface area contributed by atoms with Crippen molar-refractivity contribution in [1.29, 1.82) is 0 Å². The molecule has 4 heteroatoms. The van der Waals surface area contributed by atoms with Gasteiger partial charge in [0.05, 0.1) is 17.6 Å². The summed E-state index contributed by atoms with van der Waals surface area (Å²) in [6.07, 6.45) is 1.98. The quantitative estimate of drug-likeness (QED) is 0.780. The maximum atomic E-state index is 4.22. The van der Waals surface area contributed by atoms with Crippen molar-refractivity contribution in [1.82, 2.24) is 20.3 Å². The largest absolute Gasteiger partial charge is 0.311 e. The van der Waals surface area contributed by atoms with Crippen molar-refractivity contribution < 1.29 is 0 Å². The van der Waals surface area contributed by atoms with Crippen LogP contribution in [-0.2, 0) is 6.54 Å². The van der Waals surface area contributed by atoms with Gasteiger partial charge in [0.25, 0.3) is 0 Å². The topological polar surface area (TPSA) is 42.7 Å². The Labute approximate surface area is 124 Å². The fourth-order valence-corrected chi connectivity index (χ4v) is 2.31. The van der Waals surface area contributed by atoms with Crippen molar-refractivity contribution >= 4 is 10.8 Å². The Balaban J connectivity index is 1.77. The third-order valence-electron chi connectivity index (χ3n) is 3.40. The number of aromatic nitrogens is 3. The van der Waals surface area contributed by atoms with Gasteiger partial charge < -0.3 is 5.32 Å². The van der Waals surface area contributed by atoms with Gasteiger partial charge in [0.1, 0.15) is 0 Å². The van der Waals surface area contributed by atoms with Crippen molar-refractivity contribution in [3.63, 3.8) is 0 Å². The average Bonchev–Trinajstić information content (AvgIpc) is 2.95. The third kappa shape index (κ3) is 3.28. The molecule has 4 nitrogen and oxygen atoms in total. The van der Waals surface area contributed by atoms with E-state index in [2.05, 4.69) is 71.9 Å². The van der Waals surface area contributed by atoms with Gasteiger partial charge in [-0.25, -0.2) is 4.68 Å². The molecule has 0 bridgehead atoms. The summed E-state index contributed by atoms with van der Waals surface area (Å²) in [6, 6.07) is 14.6. The van der Waals surface area contributed by atoms with Gasteiger partial charge in [-0.05, 0) is 35.4 Å². The van der Waals surface area contributed by atoms with Gasteiger partial charge in [0.2, 0.25) is 0 Å². The number of nitrogens with one attached hydrogen (secondary N) is 1. The van der Waals surface area contributed by atoms with Gasteiger partial charge in [-0.15, -0.1) is 5.10 Å². The number of rotatable bonds is 5. The van der Waals surface area contributed by atoms with Crippen LogP contribution in [0.15, 0.2) is 48.7 Å². The molecule has 0 saturated heterocycles. The molecular weight excluding hydrogens is 260 g/mol. The summed E-state index contributed by atoms with van der Waals surface area (Å²) < 4.78 is 1.83. The molecule has 0 fully saturated rings. The van der Waals surface area contributed by atoms with E-state index >= 15 is 0 Å². The molecule has 0 aliphatic carbocycles. The smallest absolute Gasteiger partial charge is 0.0969 e. The SMILES string of the molecule is CC(C)CNCc1cn(-c2ccc3ccccc3c2)nn1. The molecule has 3 rings (SSSR count). The number of hydrogen-bond donors (Lipinski definition) is 1. The first-order chi connectivity index (χ1) is 10.2. The second kappa shape index (κ2) is 6.06. The van der Waals surface area contributed by atoms with Crippen LogP contribution in [0.3, 0.4) is 0 Å². The second-order valence-electron chi connectivity index (χ2n) is 5.71. The van der Waals surface area contributed by atoms with E-state index in [9.17, 15) is 0 Å². The van der Waals surface area contributed by atoms with Crippen molar-refractivity contribution in [2.75, 3.05) is 6.54 Å². The molecule has 0 aliphatic rings. The Morgan fingerprint density at radius 3 is 2.71 bits per heavy atom. The lowest BCUT2D eigenvalue weighted by atomic mass is 10.1. The van der Waals surface area contributed by atoms with Crippen molar-refractivity contribution in [3.8, 4) is 5.69 Å².